The van der Waals surface area contributed by atoms with E-state index in [-0.39, 0.29) is 18.4 Å². The van der Waals surface area contributed by atoms with Gasteiger partial charge in [0.25, 0.3) is 0 Å². The second kappa shape index (κ2) is 7.94. The van der Waals surface area contributed by atoms with Gasteiger partial charge in [-0.15, -0.1) is 0 Å². The van der Waals surface area contributed by atoms with Crippen LogP contribution in [0.5, 0.6) is 0 Å². The molecule has 0 heterocycles. The molecule has 84 valence electrons. The SMILES string of the molecule is CCCC(C(=O)COC)N(C)CCC. The van der Waals surface area contributed by atoms with Gasteiger partial charge in [-0.1, -0.05) is 20.3 Å². The summed E-state index contributed by atoms with van der Waals surface area (Å²) in [5.41, 5.74) is 0. The van der Waals surface area contributed by atoms with Gasteiger partial charge in [-0.05, 0) is 26.4 Å². The van der Waals surface area contributed by atoms with E-state index in [2.05, 4.69) is 18.7 Å². The molecule has 0 spiro atoms. The number of nitrogens with zero attached hydrogens (tertiary/aromatic N) is 1. The third-order valence-electron chi connectivity index (χ3n) is 2.33. The van der Waals surface area contributed by atoms with Gasteiger partial charge in [0.2, 0.25) is 0 Å². The van der Waals surface area contributed by atoms with Gasteiger partial charge < -0.3 is 4.74 Å². The van der Waals surface area contributed by atoms with Gasteiger partial charge >= 0.3 is 0 Å². The molecule has 0 rings (SSSR count). The van der Waals surface area contributed by atoms with E-state index < -0.39 is 0 Å². The van der Waals surface area contributed by atoms with Crippen molar-refractivity contribution >= 4 is 5.78 Å². The maximum atomic E-state index is 11.7. The lowest BCUT2D eigenvalue weighted by molar-refractivity contribution is -0.127. The lowest BCUT2D eigenvalue weighted by Gasteiger charge is -2.25. The molecule has 3 nitrogen and oxygen atoms in total. The molecule has 1 atom stereocenters. The highest BCUT2D eigenvalue weighted by molar-refractivity contribution is 5.85. The molecule has 1 unspecified atom stereocenters. The van der Waals surface area contributed by atoms with Crippen molar-refractivity contribution in [3.05, 3.63) is 0 Å². The van der Waals surface area contributed by atoms with Crippen LogP contribution in [0, 0.1) is 0 Å². The number of carbonyl (C=O) groups is 1. The zero-order valence-electron chi connectivity index (χ0n) is 9.88. The Balaban J connectivity index is 4.18. The first-order chi connectivity index (χ1) is 6.67. The normalized spacial score (nSPS) is 13.2. The number of hydrogen-bond acceptors (Lipinski definition) is 3. The Morgan fingerprint density at radius 2 is 2.00 bits per heavy atom. The summed E-state index contributed by atoms with van der Waals surface area (Å²) in [7, 11) is 3.58. The molecular formula is C11H23NO2. The number of methoxy groups -OCH3 is 1. The Bertz CT molecular complexity index is 159. The molecule has 0 amide bonds. The Hall–Kier alpha value is -0.410. The lowest BCUT2D eigenvalue weighted by Crippen LogP contribution is -2.40. The van der Waals surface area contributed by atoms with Crippen molar-refractivity contribution in [2.45, 2.75) is 39.2 Å². The Kier molecular flexibility index (Phi) is 7.71. The molecule has 0 aromatic heterocycles. The highest BCUT2D eigenvalue weighted by atomic mass is 16.5. The third kappa shape index (κ3) is 4.72. The fraction of sp³-hybridized carbons (Fsp3) is 0.909. The van der Waals surface area contributed by atoms with Gasteiger partial charge in [-0.2, -0.15) is 0 Å². The van der Waals surface area contributed by atoms with Crippen molar-refractivity contribution in [3.63, 3.8) is 0 Å². The zero-order chi connectivity index (χ0) is 11.0. The van der Waals surface area contributed by atoms with Crippen molar-refractivity contribution in [2.75, 3.05) is 27.3 Å². The molecule has 0 saturated heterocycles. The van der Waals surface area contributed by atoms with E-state index in [0.717, 1.165) is 25.8 Å². The van der Waals surface area contributed by atoms with Gasteiger partial charge in [-0.25, -0.2) is 0 Å². The molecule has 14 heavy (non-hydrogen) atoms. The van der Waals surface area contributed by atoms with Crippen LogP contribution in [0.1, 0.15) is 33.1 Å². The number of likely N-dealkylation sites (N-methyl/N-ethyl adjacent to an activating group) is 1. The molecule has 0 fully saturated rings. The first kappa shape index (κ1) is 13.6. The number of Topliss-reactive ketones (excluding diaryl/α,β-unsaturated/α-hetero) is 1. The maximum absolute atomic E-state index is 11.7. The topological polar surface area (TPSA) is 29.5 Å². The fourth-order valence-corrected chi connectivity index (χ4v) is 1.65. The summed E-state index contributed by atoms with van der Waals surface area (Å²) < 4.78 is 4.88. The summed E-state index contributed by atoms with van der Waals surface area (Å²) in [6.45, 7) is 5.44. The minimum atomic E-state index is 0.0416. The number of rotatable bonds is 8. The van der Waals surface area contributed by atoms with E-state index in [9.17, 15) is 4.79 Å². The summed E-state index contributed by atoms with van der Waals surface area (Å²) in [6.07, 6.45) is 3.05. The monoisotopic (exact) mass is 201 g/mol. The van der Waals surface area contributed by atoms with Crippen molar-refractivity contribution in [1.82, 2.24) is 4.90 Å². The molecule has 0 bridgehead atoms. The summed E-state index contributed by atoms with van der Waals surface area (Å²) in [6, 6.07) is 0.0416. The molecule has 0 N–H and O–H groups in total. The Labute approximate surface area is 87.4 Å². The summed E-state index contributed by atoms with van der Waals surface area (Å²) in [4.78, 5) is 13.8. The van der Waals surface area contributed by atoms with Crippen LogP contribution in [0.2, 0.25) is 0 Å². The van der Waals surface area contributed by atoms with Crippen LogP contribution in [0.4, 0.5) is 0 Å². The van der Waals surface area contributed by atoms with Gasteiger partial charge in [0.05, 0.1) is 6.04 Å². The Morgan fingerprint density at radius 3 is 2.43 bits per heavy atom. The van der Waals surface area contributed by atoms with Crippen LogP contribution in [0.3, 0.4) is 0 Å². The largest absolute Gasteiger partial charge is 0.377 e. The van der Waals surface area contributed by atoms with Crippen LogP contribution in [0.15, 0.2) is 0 Å². The molecule has 0 saturated carbocycles. The minimum absolute atomic E-state index is 0.0416. The quantitative estimate of drug-likeness (QED) is 0.599. The van der Waals surface area contributed by atoms with Crippen LogP contribution >= 0.6 is 0 Å². The van der Waals surface area contributed by atoms with Crippen molar-refractivity contribution in [3.8, 4) is 0 Å². The van der Waals surface area contributed by atoms with Crippen LogP contribution in [0.25, 0.3) is 0 Å². The summed E-state index contributed by atoms with van der Waals surface area (Å²) >= 11 is 0. The van der Waals surface area contributed by atoms with Crippen molar-refractivity contribution < 1.29 is 9.53 Å². The Morgan fingerprint density at radius 1 is 1.36 bits per heavy atom. The van der Waals surface area contributed by atoms with Gasteiger partial charge in [-0.3, -0.25) is 9.69 Å². The van der Waals surface area contributed by atoms with Crippen molar-refractivity contribution in [2.24, 2.45) is 0 Å². The minimum Gasteiger partial charge on any atom is -0.377 e. The smallest absolute Gasteiger partial charge is 0.175 e. The molecular weight excluding hydrogens is 178 g/mol. The summed E-state index contributed by atoms with van der Waals surface area (Å²) in [5.74, 6) is 0.199. The van der Waals surface area contributed by atoms with E-state index in [1.165, 1.54) is 0 Å². The van der Waals surface area contributed by atoms with Crippen LogP contribution in [-0.4, -0.2) is 44.0 Å². The second-order valence-corrected chi connectivity index (χ2v) is 3.68. The third-order valence-corrected chi connectivity index (χ3v) is 2.33. The second-order valence-electron chi connectivity index (χ2n) is 3.68. The van der Waals surface area contributed by atoms with E-state index in [0.29, 0.717) is 0 Å². The number of ether oxygens (including phenoxy) is 1. The van der Waals surface area contributed by atoms with E-state index in [4.69, 9.17) is 4.74 Å². The maximum Gasteiger partial charge on any atom is 0.175 e. The molecule has 0 aliphatic carbocycles. The van der Waals surface area contributed by atoms with E-state index in [1.807, 2.05) is 7.05 Å². The van der Waals surface area contributed by atoms with E-state index >= 15 is 0 Å². The molecule has 0 radical (unpaired) electrons. The fourth-order valence-electron chi connectivity index (χ4n) is 1.65. The lowest BCUT2D eigenvalue weighted by atomic mass is 10.1. The van der Waals surface area contributed by atoms with Gasteiger partial charge in [0.15, 0.2) is 5.78 Å². The average molecular weight is 201 g/mol. The highest BCUT2D eigenvalue weighted by Gasteiger charge is 2.20. The zero-order valence-corrected chi connectivity index (χ0v) is 9.88. The van der Waals surface area contributed by atoms with Crippen LogP contribution in [-0.2, 0) is 9.53 Å². The van der Waals surface area contributed by atoms with Crippen molar-refractivity contribution in [1.29, 1.82) is 0 Å². The van der Waals surface area contributed by atoms with Gasteiger partial charge in [0, 0.05) is 7.11 Å². The molecule has 0 aliphatic heterocycles. The summed E-state index contributed by atoms with van der Waals surface area (Å²) in [5, 5.41) is 0. The standard InChI is InChI=1S/C11H23NO2/c1-5-7-10(11(13)9-14-4)12(3)8-6-2/h10H,5-9H2,1-4H3. The first-order valence-corrected chi connectivity index (χ1v) is 5.39. The molecule has 0 aliphatic rings. The highest BCUT2D eigenvalue weighted by Crippen LogP contribution is 2.07. The van der Waals surface area contributed by atoms with Gasteiger partial charge in [0.1, 0.15) is 6.61 Å². The first-order valence-electron chi connectivity index (χ1n) is 5.39. The number of hydrogen-bond donors (Lipinski definition) is 0. The number of ketones is 1. The molecule has 3 heteroatoms. The number of carbonyl (C=O) groups excluding carboxylic acids is 1. The van der Waals surface area contributed by atoms with E-state index in [1.54, 1.807) is 7.11 Å². The van der Waals surface area contributed by atoms with Crippen LogP contribution < -0.4 is 0 Å². The average Bonchev–Trinajstić information content (AvgIpc) is 2.14. The predicted molar refractivity (Wildman–Crippen MR) is 58.5 cm³/mol. The predicted octanol–water partition coefficient (Wildman–Crippen LogP) is 1.71. The molecule has 0 aromatic rings. The molecule has 0 aromatic carbocycles.